The predicted molar refractivity (Wildman–Crippen MR) is 125 cm³/mol. The second-order valence-electron chi connectivity index (χ2n) is 7.52. The van der Waals surface area contributed by atoms with Crippen LogP contribution in [0.1, 0.15) is 29.3 Å². The van der Waals surface area contributed by atoms with E-state index in [1.54, 1.807) is 32.6 Å². The van der Waals surface area contributed by atoms with E-state index in [0.29, 0.717) is 23.7 Å². The van der Waals surface area contributed by atoms with E-state index in [-0.39, 0.29) is 18.6 Å². The zero-order valence-corrected chi connectivity index (χ0v) is 18.7. The quantitative estimate of drug-likeness (QED) is 0.442. The van der Waals surface area contributed by atoms with Gasteiger partial charge in [-0.15, -0.1) is 6.58 Å². The number of allylic oxidation sites excluding steroid dienone is 1. The summed E-state index contributed by atoms with van der Waals surface area (Å²) in [4.78, 5) is 13.1. The zero-order chi connectivity index (χ0) is 23.2. The fraction of sp³-hybridized carbons (Fsp3) is 0.231. The molecule has 1 atom stereocenters. The number of nitrogens with zero attached hydrogens (tertiary/aromatic N) is 2. The van der Waals surface area contributed by atoms with Gasteiger partial charge in [0.1, 0.15) is 17.6 Å². The molecule has 0 spiro atoms. The molecule has 0 saturated carbocycles. The smallest absolute Gasteiger partial charge is 0.281 e. The Labute approximate surface area is 192 Å². The summed E-state index contributed by atoms with van der Waals surface area (Å²) in [5.74, 6) is 2.20. The summed E-state index contributed by atoms with van der Waals surface area (Å²) in [6.07, 6.45) is 4.66. The van der Waals surface area contributed by atoms with E-state index in [1.807, 2.05) is 48.5 Å². The van der Waals surface area contributed by atoms with Crippen molar-refractivity contribution in [2.75, 3.05) is 20.8 Å². The average molecular weight is 447 g/mol. The molecular formula is C26H26N2O5. The SMILES string of the molecule is C=CCc1ccc(OCC(=O)N2N=C(c3ccc(OC)cc3)CC2c2ccco2)c(OC)c1. The highest BCUT2D eigenvalue weighted by molar-refractivity contribution is 6.03. The highest BCUT2D eigenvalue weighted by Crippen LogP contribution is 2.34. The molecule has 0 bridgehead atoms. The standard InChI is InChI=1S/C26H26N2O5/c1-4-6-18-8-13-24(25(15-18)31-3)33-17-26(29)28-22(23-7-5-14-32-23)16-21(27-28)19-9-11-20(30-2)12-10-19/h4-5,7-15,22H,1,6,16-17H2,2-3H3. The Balaban J connectivity index is 1.53. The number of rotatable bonds is 9. The number of hydrogen-bond donors (Lipinski definition) is 0. The van der Waals surface area contributed by atoms with Crippen LogP contribution in [-0.2, 0) is 11.2 Å². The molecule has 3 aromatic rings. The van der Waals surface area contributed by atoms with Crippen molar-refractivity contribution in [3.05, 3.63) is 90.4 Å². The van der Waals surface area contributed by atoms with Crippen molar-refractivity contribution in [1.82, 2.24) is 5.01 Å². The second-order valence-corrected chi connectivity index (χ2v) is 7.52. The lowest BCUT2D eigenvalue weighted by atomic mass is 10.0. The van der Waals surface area contributed by atoms with Crippen LogP contribution in [0.25, 0.3) is 0 Å². The summed E-state index contributed by atoms with van der Waals surface area (Å²) in [6.45, 7) is 3.57. The van der Waals surface area contributed by atoms with E-state index in [1.165, 1.54) is 5.01 Å². The first kappa shape index (κ1) is 22.2. The Morgan fingerprint density at radius 1 is 1.15 bits per heavy atom. The van der Waals surface area contributed by atoms with E-state index in [4.69, 9.17) is 18.6 Å². The Morgan fingerprint density at radius 2 is 1.97 bits per heavy atom. The average Bonchev–Trinajstić information content (AvgIpc) is 3.53. The van der Waals surface area contributed by atoms with Crippen molar-refractivity contribution < 1.29 is 23.4 Å². The van der Waals surface area contributed by atoms with Gasteiger partial charge in [-0.2, -0.15) is 5.10 Å². The third kappa shape index (κ3) is 4.92. The lowest BCUT2D eigenvalue weighted by Crippen LogP contribution is -2.31. The van der Waals surface area contributed by atoms with Gasteiger partial charge in [-0.1, -0.05) is 12.1 Å². The Bertz CT molecular complexity index is 1140. The van der Waals surface area contributed by atoms with Crippen LogP contribution < -0.4 is 14.2 Å². The minimum absolute atomic E-state index is 0.187. The molecule has 1 aromatic heterocycles. The molecule has 7 heteroatoms. The van der Waals surface area contributed by atoms with Gasteiger partial charge in [0.15, 0.2) is 18.1 Å². The van der Waals surface area contributed by atoms with Gasteiger partial charge in [0.05, 0.1) is 26.2 Å². The largest absolute Gasteiger partial charge is 0.497 e. The number of carbonyl (C=O) groups is 1. The monoisotopic (exact) mass is 446 g/mol. The molecule has 1 amide bonds. The van der Waals surface area contributed by atoms with Crippen LogP contribution in [0.5, 0.6) is 17.2 Å². The molecular weight excluding hydrogens is 420 g/mol. The molecule has 4 rings (SSSR count). The van der Waals surface area contributed by atoms with Gasteiger partial charge >= 0.3 is 0 Å². The van der Waals surface area contributed by atoms with Crippen LogP contribution in [0.15, 0.2) is 83.0 Å². The number of amides is 1. The maximum atomic E-state index is 13.1. The van der Waals surface area contributed by atoms with Crippen LogP contribution >= 0.6 is 0 Å². The molecule has 0 fully saturated rings. The van der Waals surface area contributed by atoms with E-state index in [0.717, 1.165) is 29.0 Å². The number of furan rings is 1. The van der Waals surface area contributed by atoms with Gasteiger partial charge in [-0.05, 0) is 66.1 Å². The number of benzene rings is 2. The maximum absolute atomic E-state index is 13.1. The maximum Gasteiger partial charge on any atom is 0.281 e. The molecule has 1 unspecified atom stereocenters. The Hall–Kier alpha value is -4.00. The number of hydrazone groups is 1. The van der Waals surface area contributed by atoms with Crippen molar-refractivity contribution in [2.24, 2.45) is 5.10 Å². The molecule has 1 aliphatic rings. The van der Waals surface area contributed by atoms with Gasteiger partial charge in [0.25, 0.3) is 5.91 Å². The molecule has 0 radical (unpaired) electrons. The number of methoxy groups -OCH3 is 2. The van der Waals surface area contributed by atoms with E-state index in [2.05, 4.69) is 11.7 Å². The van der Waals surface area contributed by atoms with Crippen LogP contribution in [0, 0.1) is 0 Å². The summed E-state index contributed by atoms with van der Waals surface area (Å²) in [5.41, 5.74) is 2.76. The fourth-order valence-electron chi connectivity index (χ4n) is 3.73. The lowest BCUT2D eigenvalue weighted by Gasteiger charge is -2.20. The van der Waals surface area contributed by atoms with Crippen molar-refractivity contribution in [2.45, 2.75) is 18.9 Å². The Morgan fingerprint density at radius 3 is 2.64 bits per heavy atom. The van der Waals surface area contributed by atoms with Gasteiger partial charge in [0, 0.05) is 6.42 Å². The van der Waals surface area contributed by atoms with Gasteiger partial charge in [-0.25, -0.2) is 5.01 Å². The molecule has 0 aliphatic carbocycles. The van der Waals surface area contributed by atoms with Crippen LogP contribution in [0.4, 0.5) is 0 Å². The summed E-state index contributed by atoms with van der Waals surface area (Å²) in [6, 6.07) is 16.5. The third-order valence-electron chi connectivity index (χ3n) is 5.42. The molecule has 170 valence electrons. The lowest BCUT2D eigenvalue weighted by molar-refractivity contribution is -0.135. The van der Waals surface area contributed by atoms with Gasteiger partial charge in [0.2, 0.25) is 0 Å². The molecule has 2 aromatic carbocycles. The van der Waals surface area contributed by atoms with Crippen molar-refractivity contribution in [1.29, 1.82) is 0 Å². The van der Waals surface area contributed by atoms with Crippen LogP contribution in [0.2, 0.25) is 0 Å². The number of ether oxygens (including phenoxy) is 3. The van der Waals surface area contributed by atoms with Crippen molar-refractivity contribution >= 4 is 11.6 Å². The molecule has 7 nitrogen and oxygen atoms in total. The minimum Gasteiger partial charge on any atom is -0.497 e. The fourth-order valence-corrected chi connectivity index (χ4v) is 3.73. The first-order chi connectivity index (χ1) is 16.1. The van der Waals surface area contributed by atoms with E-state index in [9.17, 15) is 4.79 Å². The zero-order valence-electron chi connectivity index (χ0n) is 18.7. The van der Waals surface area contributed by atoms with E-state index >= 15 is 0 Å². The predicted octanol–water partition coefficient (Wildman–Crippen LogP) is 4.78. The van der Waals surface area contributed by atoms with Gasteiger partial charge in [-0.3, -0.25) is 4.79 Å². The first-order valence-corrected chi connectivity index (χ1v) is 10.6. The molecule has 33 heavy (non-hydrogen) atoms. The van der Waals surface area contributed by atoms with Crippen LogP contribution in [-0.4, -0.2) is 37.5 Å². The number of hydrogen-bond acceptors (Lipinski definition) is 6. The van der Waals surface area contributed by atoms with Gasteiger partial charge < -0.3 is 18.6 Å². The van der Waals surface area contributed by atoms with Crippen molar-refractivity contribution in [3.63, 3.8) is 0 Å². The normalized spacial score (nSPS) is 15.2. The topological polar surface area (TPSA) is 73.5 Å². The Kier molecular flexibility index (Phi) is 6.78. The first-order valence-electron chi connectivity index (χ1n) is 10.6. The molecule has 0 saturated heterocycles. The highest BCUT2D eigenvalue weighted by Gasteiger charge is 2.35. The van der Waals surface area contributed by atoms with Crippen LogP contribution in [0.3, 0.4) is 0 Å². The summed E-state index contributed by atoms with van der Waals surface area (Å²) in [5, 5.41) is 6.06. The second kappa shape index (κ2) is 10.1. The van der Waals surface area contributed by atoms with E-state index < -0.39 is 0 Å². The molecule has 1 aliphatic heterocycles. The molecule has 0 N–H and O–H groups in total. The summed E-state index contributed by atoms with van der Waals surface area (Å²) < 4.78 is 22.1. The number of carbonyl (C=O) groups excluding carboxylic acids is 1. The molecule has 2 heterocycles. The minimum atomic E-state index is -0.343. The highest BCUT2D eigenvalue weighted by atomic mass is 16.5. The summed E-state index contributed by atoms with van der Waals surface area (Å²) >= 11 is 0. The van der Waals surface area contributed by atoms with Crippen molar-refractivity contribution in [3.8, 4) is 17.2 Å². The third-order valence-corrected chi connectivity index (χ3v) is 5.42. The summed E-state index contributed by atoms with van der Waals surface area (Å²) in [7, 11) is 3.19.